The number of aromatic amines is 1. The maximum Gasteiger partial charge on any atom is 0.222 e. The Labute approximate surface area is 73.8 Å². The van der Waals surface area contributed by atoms with Gasteiger partial charge in [-0.3, -0.25) is 9.89 Å². The summed E-state index contributed by atoms with van der Waals surface area (Å²) < 4.78 is 0. The molecule has 1 aromatic carbocycles. The van der Waals surface area contributed by atoms with Gasteiger partial charge >= 0.3 is 0 Å². The van der Waals surface area contributed by atoms with Gasteiger partial charge in [-0.25, -0.2) is 0 Å². The number of fused-ring (bicyclic) bond motifs is 1. The van der Waals surface area contributed by atoms with Crippen molar-refractivity contribution < 1.29 is 5.11 Å². The SMILES string of the molecule is Cc1n[nH]c2c(O)c(=O)cccc12. The van der Waals surface area contributed by atoms with Crippen LogP contribution < -0.4 is 5.43 Å². The molecule has 4 heteroatoms. The molecule has 0 saturated carbocycles. The lowest BCUT2D eigenvalue weighted by molar-refractivity contribution is 0.476. The summed E-state index contributed by atoms with van der Waals surface area (Å²) in [5.41, 5.74) is 0.757. The lowest BCUT2D eigenvalue weighted by Gasteiger charge is -1.84. The molecule has 2 N–H and O–H groups in total. The molecule has 0 unspecified atom stereocenters. The number of rotatable bonds is 0. The highest BCUT2D eigenvalue weighted by Crippen LogP contribution is 2.18. The van der Waals surface area contributed by atoms with Gasteiger partial charge in [-0.15, -0.1) is 0 Å². The Kier molecular flexibility index (Phi) is 1.55. The Balaban J connectivity index is 3.07. The van der Waals surface area contributed by atoms with Gasteiger partial charge < -0.3 is 5.11 Å². The predicted octanol–water partition coefficient (Wildman–Crippen LogP) is 0.937. The first-order chi connectivity index (χ1) is 6.20. The third kappa shape index (κ3) is 1.07. The number of nitrogens with zero attached hydrogens (tertiary/aromatic N) is 1. The van der Waals surface area contributed by atoms with Crippen LogP contribution in [0.4, 0.5) is 0 Å². The van der Waals surface area contributed by atoms with Gasteiger partial charge in [0.1, 0.15) is 5.52 Å². The molecular weight excluding hydrogens is 168 g/mol. The molecule has 0 amide bonds. The van der Waals surface area contributed by atoms with E-state index in [0.717, 1.165) is 11.1 Å². The van der Waals surface area contributed by atoms with Gasteiger partial charge in [0, 0.05) is 5.39 Å². The Morgan fingerprint density at radius 1 is 1.46 bits per heavy atom. The molecule has 0 aliphatic rings. The van der Waals surface area contributed by atoms with E-state index in [2.05, 4.69) is 10.2 Å². The minimum atomic E-state index is -0.404. The number of aryl methyl sites for hydroxylation is 1. The molecule has 0 atom stereocenters. The van der Waals surface area contributed by atoms with Crippen LogP contribution in [-0.4, -0.2) is 15.3 Å². The van der Waals surface area contributed by atoms with Gasteiger partial charge in [0.2, 0.25) is 5.43 Å². The Morgan fingerprint density at radius 3 is 3.00 bits per heavy atom. The average molecular weight is 176 g/mol. The molecule has 0 fully saturated rings. The quantitative estimate of drug-likeness (QED) is 0.627. The van der Waals surface area contributed by atoms with Crippen molar-refractivity contribution in [1.29, 1.82) is 0 Å². The molecule has 1 aromatic heterocycles. The van der Waals surface area contributed by atoms with Crippen LogP contribution in [0.25, 0.3) is 10.9 Å². The van der Waals surface area contributed by atoms with E-state index < -0.39 is 5.43 Å². The summed E-state index contributed by atoms with van der Waals surface area (Å²) in [5, 5.41) is 16.7. The molecular formula is C9H8N2O2. The Morgan fingerprint density at radius 2 is 2.23 bits per heavy atom. The first-order valence-corrected chi connectivity index (χ1v) is 3.87. The minimum Gasteiger partial charge on any atom is -0.503 e. The van der Waals surface area contributed by atoms with Crippen molar-refractivity contribution in [2.45, 2.75) is 6.92 Å². The van der Waals surface area contributed by atoms with Gasteiger partial charge in [0.25, 0.3) is 0 Å². The molecule has 0 saturated heterocycles. The standard InChI is InChI=1S/C9H8N2O2/c1-5-6-3-2-4-7(12)9(13)8(6)11-10-5/h2-4H,1H3,(H,10,11)(H,12,13). The highest BCUT2D eigenvalue weighted by Gasteiger charge is 2.05. The van der Waals surface area contributed by atoms with Gasteiger partial charge in [-0.1, -0.05) is 12.1 Å². The third-order valence-corrected chi connectivity index (χ3v) is 1.98. The fourth-order valence-corrected chi connectivity index (χ4v) is 1.26. The maximum atomic E-state index is 11.1. The van der Waals surface area contributed by atoms with Crippen LogP contribution in [0.3, 0.4) is 0 Å². The lowest BCUT2D eigenvalue weighted by Crippen LogP contribution is -1.92. The summed E-state index contributed by atoms with van der Waals surface area (Å²) in [7, 11) is 0. The number of hydrogen-bond acceptors (Lipinski definition) is 3. The van der Waals surface area contributed by atoms with E-state index in [1.54, 1.807) is 12.1 Å². The molecule has 0 aliphatic carbocycles. The van der Waals surface area contributed by atoms with Crippen molar-refractivity contribution in [3.8, 4) is 5.75 Å². The lowest BCUT2D eigenvalue weighted by atomic mass is 10.3. The highest BCUT2D eigenvalue weighted by atomic mass is 16.3. The van der Waals surface area contributed by atoms with E-state index >= 15 is 0 Å². The number of nitrogens with one attached hydrogen (secondary N) is 1. The fraction of sp³-hybridized carbons (Fsp3) is 0.111. The summed E-state index contributed by atoms with van der Waals surface area (Å²) in [6.45, 7) is 1.81. The largest absolute Gasteiger partial charge is 0.503 e. The number of H-pyrrole nitrogens is 1. The van der Waals surface area contributed by atoms with Gasteiger partial charge in [-0.05, 0) is 13.0 Å². The first kappa shape index (κ1) is 7.79. The van der Waals surface area contributed by atoms with Gasteiger partial charge in [-0.2, -0.15) is 5.10 Å². The van der Waals surface area contributed by atoms with Crippen molar-refractivity contribution >= 4 is 10.9 Å². The van der Waals surface area contributed by atoms with E-state index in [1.807, 2.05) is 6.92 Å². The Hall–Kier alpha value is -1.84. The predicted molar refractivity (Wildman–Crippen MR) is 48.8 cm³/mol. The molecule has 2 rings (SSSR count). The molecule has 0 aliphatic heterocycles. The van der Waals surface area contributed by atoms with Crippen LogP contribution in [0.1, 0.15) is 5.69 Å². The van der Waals surface area contributed by atoms with Crippen molar-refractivity contribution in [1.82, 2.24) is 10.2 Å². The molecule has 4 nitrogen and oxygen atoms in total. The molecule has 66 valence electrons. The normalized spacial score (nSPS) is 10.5. The van der Waals surface area contributed by atoms with Crippen LogP contribution in [0.15, 0.2) is 23.0 Å². The van der Waals surface area contributed by atoms with Crippen molar-refractivity contribution in [2.24, 2.45) is 0 Å². The number of aromatic nitrogens is 2. The second-order valence-corrected chi connectivity index (χ2v) is 2.84. The maximum absolute atomic E-state index is 11.1. The van der Waals surface area contributed by atoms with Crippen LogP contribution >= 0.6 is 0 Å². The van der Waals surface area contributed by atoms with Gasteiger partial charge in [0.05, 0.1) is 5.69 Å². The average Bonchev–Trinajstić information content (AvgIpc) is 2.40. The van der Waals surface area contributed by atoms with E-state index in [-0.39, 0.29) is 5.75 Å². The number of aromatic hydroxyl groups is 1. The minimum absolute atomic E-state index is 0.277. The summed E-state index contributed by atoms with van der Waals surface area (Å²) in [4.78, 5) is 11.1. The van der Waals surface area contributed by atoms with Crippen molar-refractivity contribution in [3.05, 3.63) is 34.1 Å². The van der Waals surface area contributed by atoms with Gasteiger partial charge in [0.15, 0.2) is 5.75 Å². The summed E-state index contributed by atoms with van der Waals surface area (Å²) in [6.07, 6.45) is 0. The summed E-state index contributed by atoms with van der Waals surface area (Å²) in [6, 6.07) is 4.67. The molecule has 13 heavy (non-hydrogen) atoms. The van der Waals surface area contributed by atoms with E-state index in [9.17, 15) is 9.90 Å². The monoisotopic (exact) mass is 176 g/mol. The smallest absolute Gasteiger partial charge is 0.222 e. The van der Waals surface area contributed by atoms with E-state index in [4.69, 9.17) is 0 Å². The fourth-order valence-electron chi connectivity index (χ4n) is 1.26. The zero-order chi connectivity index (χ0) is 9.42. The second-order valence-electron chi connectivity index (χ2n) is 2.84. The second kappa shape index (κ2) is 2.58. The molecule has 0 spiro atoms. The van der Waals surface area contributed by atoms with Crippen LogP contribution in [0.2, 0.25) is 0 Å². The van der Waals surface area contributed by atoms with Crippen LogP contribution in [0.5, 0.6) is 5.75 Å². The zero-order valence-corrected chi connectivity index (χ0v) is 7.03. The highest BCUT2D eigenvalue weighted by molar-refractivity contribution is 5.85. The zero-order valence-electron chi connectivity index (χ0n) is 7.03. The summed E-state index contributed by atoms with van der Waals surface area (Å²) in [5.74, 6) is -0.277. The third-order valence-electron chi connectivity index (χ3n) is 1.98. The van der Waals surface area contributed by atoms with E-state index in [1.165, 1.54) is 6.07 Å². The van der Waals surface area contributed by atoms with Crippen LogP contribution in [-0.2, 0) is 0 Å². The van der Waals surface area contributed by atoms with Crippen molar-refractivity contribution in [3.63, 3.8) is 0 Å². The van der Waals surface area contributed by atoms with Crippen molar-refractivity contribution in [2.75, 3.05) is 0 Å². The molecule has 0 bridgehead atoms. The summed E-state index contributed by atoms with van der Waals surface area (Å²) >= 11 is 0. The topological polar surface area (TPSA) is 66.0 Å². The molecule has 2 aromatic rings. The number of hydrogen-bond donors (Lipinski definition) is 2. The molecule has 0 radical (unpaired) electrons. The Bertz CT molecular complexity index is 516. The first-order valence-electron chi connectivity index (χ1n) is 3.87. The molecule has 1 heterocycles. The van der Waals surface area contributed by atoms with Crippen LogP contribution in [0, 0.1) is 6.92 Å². The van der Waals surface area contributed by atoms with E-state index in [0.29, 0.717) is 5.52 Å².